The van der Waals surface area contributed by atoms with E-state index in [-0.39, 0.29) is 11.4 Å². The van der Waals surface area contributed by atoms with Crippen molar-refractivity contribution in [3.63, 3.8) is 0 Å². The minimum absolute atomic E-state index is 0.150. The molecule has 0 unspecified atom stereocenters. The van der Waals surface area contributed by atoms with E-state index in [9.17, 15) is 23.1 Å². The SMILES string of the molecule is Nc1nccc(-c2cnn([C@H](C(=O)O)c3ccc(C(F)(F)F)cc3)c2)c1-c1ccc(Cl)cc1. The first-order valence-electron chi connectivity index (χ1n) is 9.60. The standard InChI is InChI=1S/C23H16ClF3N4O2/c24-17-7-3-13(4-8-17)19-18(9-10-29-21(19)28)15-11-30-31(12-15)20(22(32)33)14-1-5-16(6-2-14)23(25,26)27/h1-12,20H,(H2,28,29)(H,32,33)/t20-/m0/s1. The van der Waals surface area contributed by atoms with Crippen molar-refractivity contribution in [3.8, 4) is 22.3 Å². The number of hydrogen-bond acceptors (Lipinski definition) is 4. The second-order valence-electron chi connectivity index (χ2n) is 7.20. The summed E-state index contributed by atoms with van der Waals surface area (Å²) in [4.78, 5) is 16.1. The predicted molar refractivity (Wildman–Crippen MR) is 118 cm³/mol. The molecule has 0 radical (unpaired) electrons. The molecule has 4 rings (SSSR count). The fourth-order valence-electron chi connectivity index (χ4n) is 3.52. The van der Waals surface area contributed by atoms with Gasteiger partial charge in [-0.25, -0.2) is 9.78 Å². The number of alkyl halides is 3. The predicted octanol–water partition coefficient (Wildman–Crippen LogP) is 5.54. The van der Waals surface area contributed by atoms with Gasteiger partial charge in [-0.15, -0.1) is 0 Å². The average molecular weight is 473 g/mol. The monoisotopic (exact) mass is 472 g/mol. The van der Waals surface area contributed by atoms with E-state index in [0.717, 1.165) is 29.8 Å². The molecular formula is C23H16ClF3N4O2. The normalized spacial score (nSPS) is 12.5. The first-order valence-corrected chi connectivity index (χ1v) is 9.98. The molecule has 2 aromatic heterocycles. The highest BCUT2D eigenvalue weighted by Crippen LogP contribution is 2.36. The maximum atomic E-state index is 12.9. The molecular weight excluding hydrogens is 457 g/mol. The van der Waals surface area contributed by atoms with Crippen LogP contribution in [0.15, 0.2) is 73.2 Å². The molecule has 0 bridgehead atoms. The van der Waals surface area contributed by atoms with Crippen molar-refractivity contribution in [1.29, 1.82) is 0 Å². The van der Waals surface area contributed by atoms with Gasteiger partial charge in [-0.3, -0.25) is 4.68 Å². The molecule has 0 fully saturated rings. The van der Waals surface area contributed by atoms with Gasteiger partial charge in [-0.2, -0.15) is 18.3 Å². The van der Waals surface area contributed by atoms with Gasteiger partial charge in [-0.05, 0) is 47.0 Å². The van der Waals surface area contributed by atoms with Gasteiger partial charge in [0.1, 0.15) is 5.82 Å². The second kappa shape index (κ2) is 8.59. The van der Waals surface area contributed by atoms with E-state index in [2.05, 4.69) is 10.1 Å². The van der Waals surface area contributed by atoms with Crippen LogP contribution in [-0.2, 0) is 11.0 Å². The molecule has 0 aliphatic carbocycles. The van der Waals surface area contributed by atoms with Gasteiger partial charge < -0.3 is 10.8 Å². The number of carbonyl (C=O) groups is 1. The molecule has 0 saturated carbocycles. The lowest BCUT2D eigenvalue weighted by atomic mass is 9.97. The summed E-state index contributed by atoms with van der Waals surface area (Å²) in [7, 11) is 0. The topological polar surface area (TPSA) is 94.0 Å². The summed E-state index contributed by atoms with van der Waals surface area (Å²) in [6.45, 7) is 0. The van der Waals surface area contributed by atoms with Crippen molar-refractivity contribution in [1.82, 2.24) is 14.8 Å². The summed E-state index contributed by atoms with van der Waals surface area (Å²) in [5.74, 6) is -1.00. The molecule has 0 saturated heterocycles. The van der Waals surface area contributed by atoms with Crippen molar-refractivity contribution in [2.45, 2.75) is 12.2 Å². The molecule has 4 aromatic rings. The van der Waals surface area contributed by atoms with E-state index < -0.39 is 23.8 Å². The number of carboxylic acids is 1. The lowest BCUT2D eigenvalue weighted by Gasteiger charge is -2.15. The Morgan fingerprint density at radius 1 is 1.03 bits per heavy atom. The number of aliphatic carboxylic acids is 1. The molecule has 0 aliphatic heterocycles. The second-order valence-corrected chi connectivity index (χ2v) is 7.63. The fourth-order valence-corrected chi connectivity index (χ4v) is 3.65. The number of benzene rings is 2. The molecule has 0 amide bonds. The van der Waals surface area contributed by atoms with Crippen LogP contribution >= 0.6 is 11.6 Å². The molecule has 0 spiro atoms. The fraction of sp³-hybridized carbons (Fsp3) is 0.0870. The Balaban J connectivity index is 1.75. The molecule has 10 heteroatoms. The number of aromatic nitrogens is 3. The first kappa shape index (κ1) is 22.3. The summed E-state index contributed by atoms with van der Waals surface area (Å²) >= 11 is 5.98. The number of rotatable bonds is 5. The Kier molecular flexibility index (Phi) is 5.82. The summed E-state index contributed by atoms with van der Waals surface area (Å²) in [6, 6.07) is 11.3. The van der Waals surface area contributed by atoms with Crippen molar-refractivity contribution in [3.05, 3.63) is 89.3 Å². The molecule has 168 valence electrons. The van der Waals surface area contributed by atoms with Crippen LogP contribution in [0.4, 0.5) is 19.0 Å². The van der Waals surface area contributed by atoms with E-state index in [4.69, 9.17) is 17.3 Å². The summed E-state index contributed by atoms with van der Waals surface area (Å²) < 4.78 is 39.8. The van der Waals surface area contributed by atoms with Gasteiger partial charge >= 0.3 is 12.1 Å². The molecule has 2 heterocycles. The number of hydrogen-bond donors (Lipinski definition) is 2. The minimum Gasteiger partial charge on any atom is -0.479 e. The number of nitrogens with two attached hydrogens (primary N) is 1. The van der Waals surface area contributed by atoms with Crippen LogP contribution in [-0.4, -0.2) is 25.8 Å². The van der Waals surface area contributed by atoms with E-state index in [1.165, 1.54) is 23.3 Å². The molecule has 2 aromatic carbocycles. The third kappa shape index (κ3) is 4.54. The van der Waals surface area contributed by atoms with Gasteiger partial charge in [0.15, 0.2) is 6.04 Å². The third-order valence-electron chi connectivity index (χ3n) is 5.08. The van der Waals surface area contributed by atoms with Crippen molar-refractivity contribution < 1.29 is 23.1 Å². The van der Waals surface area contributed by atoms with Crippen LogP contribution in [0.3, 0.4) is 0 Å². The van der Waals surface area contributed by atoms with Crippen LogP contribution < -0.4 is 5.73 Å². The summed E-state index contributed by atoms with van der Waals surface area (Å²) in [5.41, 5.74) is 8.01. The van der Waals surface area contributed by atoms with Crippen molar-refractivity contribution in [2.75, 3.05) is 5.73 Å². The highest BCUT2D eigenvalue weighted by Gasteiger charge is 2.31. The summed E-state index contributed by atoms with van der Waals surface area (Å²) in [6.07, 6.45) is -0.0275. The lowest BCUT2D eigenvalue weighted by Crippen LogP contribution is -2.21. The van der Waals surface area contributed by atoms with Crippen molar-refractivity contribution >= 4 is 23.4 Å². The largest absolute Gasteiger partial charge is 0.479 e. The third-order valence-corrected chi connectivity index (χ3v) is 5.33. The highest BCUT2D eigenvalue weighted by atomic mass is 35.5. The molecule has 33 heavy (non-hydrogen) atoms. The van der Waals surface area contributed by atoms with Gasteiger partial charge in [0.25, 0.3) is 0 Å². The summed E-state index contributed by atoms with van der Waals surface area (Å²) in [5, 5.41) is 14.5. The lowest BCUT2D eigenvalue weighted by molar-refractivity contribution is -0.139. The molecule has 6 nitrogen and oxygen atoms in total. The van der Waals surface area contributed by atoms with Crippen LogP contribution in [0.1, 0.15) is 17.2 Å². The Morgan fingerprint density at radius 3 is 2.30 bits per heavy atom. The number of halogens is 4. The van der Waals surface area contributed by atoms with Gasteiger partial charge in [-0.1, -0.05) is 35.9 Å². The number of anilines is 1. The van der Waals surface area contributed by atoms with Crippen molar-refractivity contribution in [2.24, 2.45) is 0 Å². The quantitative estimate of drug-likeness (QED) is 0.397. The molecule has 3 N–H and O–H groups in total. The maximum absolute atomic E-state index is 12.9. The van der Waals surface area contributed by atoms with Gasteiger partial charge in [0, 0.05) is 28.5 Å². The van der Waals surface area contributed by atoms with Crippen LogP contribution in [0.5, 0.6) is 0 Å². The Labute approximate surface area is 191 Å². The smallest absolute Gasteiger partial charge is 0.416 e. The Bertz CT molecular complexity index is 1300. The van der Waals surface area contributed by atoms with Gasteiger partial charge in [0.05, 0.1) is 11.8 Å². The molecule has 1 atom stereocenters. The number of nitrogens with zero attached hydrogens (tertiary/aromatic N) is 3. The Hall–Kier alpha value is -3.85. The zero-order valence-electron chi connectivity index (χ0n) is 16.8. The Morgan fingerprint density at radius 2 is 1.70 bits per heavy atom. The van der Waals surface area contributed by atoms with E-state index in [1.807, 2.05) is 0 Å². The maximum Gasteiger partial charge on any atom is 0.416 e. The first-order chi connectivity index (χ1) is 15.6. The zero-order chi connectivity index (χ0) is 23.8. The van der Waals surface area contributed by atoms with E-state index in [0.29, 0.717) is 21.7 Å². The minimum atomic E-state index is -4.52. The van der Waals surface area contributed by atoms with E-state index >= 15 is 0 Å². The number of nitrogen functional groups attached to an aromatic ring is 1. The van der Waals surface area contributed by atoms with Crippen LogP contribution in [0.25, 0.3) is 22.3 Å². The zero-order valence-corrected chi connectivity index (χ0v) is 17.5. The average Bonchev–Trinajstić information content (AvgIpc) is 3.23. The highest BCUT2D eigenvalue weighted by molar-refractivity contribution is 6.30. The number of carboxylic acid groups (broad SMARTS) is 1. The van der Waals surface area contributed by atoms with Crippen LogP contribution in [0, 0.1) is 0 Å². The van der Waals surface area contributed by atoms with Gasteiger partial charge in [0.2, 0.25) is 0 Å². The molecule has 0 aliphatic rings. The van der Waals surface area contributed by atoms with Crippen LogP contribution in [0.2, 0.25) is 5.02 Å². The van der Waals surface area contributed by atoms with E-state index in [1.54, 1.807) is 30.3 Å². The number of pyridine rings is 1.